The monoisotopic (exact) mass is 277 g/mol. The molecule has 0 atom stereocenters. The van der Waals surface area contributed by atoms with Crippen LogP contribution in [0.3, 0.4) is 0 Å². The van der Waals surface area contributed by atoms with Gasteiger partial charge in [-0.1, -0.05) is 64.3 Å². The predicted octanol–water partition coefficient (Wildman–Crippen LogP) is 4.53. The number of hydrogen-bond acceptors (Lipinski definition) is 2. The summed E-state index contributed by atoms with van der Waals surface area (Å²) in [5.41, 5.74) is 2.63. The molecule has 2 heteroatoms. The summed E-state index contributed by atoms with van der Waals surface area (Å²) in [6.45, 7) is 10.3. The Kier molecular flexibility index (Phi) is 9.35. The van der Waals surface area contributed by atoms with E-state index in [0.717, 1.165) is 26.3 Å². The molecule has 0 heterocycles. The van der Waals surface area contributed by atoms with Crippen LogP contribution in [0.1, 0.15) is 57.6 Å². The van der Waals surface area contributed by atoms with Crippen molar-refractivity contribution in [2.24, 2.45) is 5.92 Å². The van der Waals surface area contributed by atoms with Crippen molar-refractivity contribution in [2.75, 3.05) is 13.2 Å². The van der Waals surface area contributed by atoms with Gasteiger partial charge in [-0.2, -0.15) is 0 Å². The summed E-state index contributed by atoms with van der Waals surface area (Å²) in [4.78, 5) is 0. The van der Waals surface area contributed by atoms with E-state index >= 15 is 0 Å². The lowest BCUT2D eigenvalue weighted by molar-refractivity contribution is 0.117. The molecular formula is C18H31NO. The average molecular weight is 277 g/mol. The third kappa shape index (κ3) is 8.34. The summed E-state index contributed by atoms with van der Waals surface area (Å²) >= 11 is 0. The molecule has 0 unspecified atom stereocenters. The van der Waals surface area contributed by atoms with Gasteiger partial charge in [0.25, 0.3) is 0 Å². The molecule has 20 heavy (non-hydrogen) atoms. The van der Waals surface area contributed by atoms with Crippen LogP contribution in [-0.2, 0) is 17.9 Å². The normalized spacial score (nSPS) is 11.2. The summed E-state index contributed by atoms with van der Waals surface area (Å²) in [7, 11) is 0. The van der Waals surface area contributed by atoms with Crippen molar-refractivity contribution in [3.05, 3.63) is 35.4 Å². The molecule has 114 valence electrons. The topological polar surface area (TPSA) is 21.3 Å². The van der Waals surface area contributed by atoms with Crippen molar-refractivity contribution in [3.8, 4) is 0 Å². The lowest BCUT2D eigenvalue weighted by atomic mass is 10.1. The van der Waals surface area contributed by atoms with Crippen LogP contribution in [0.5, 0.6) is 0 Å². The Labute approximate surface area is 124 Å². The number of rotatable bonds is 11. The molecule has 0 bridgehead atoms. The maximum atomic E-state index is 5.74. The minimum absolute atomic E-state index is 0.699. The molecule has 0 aliphatic rings. The number of benzene rings is 1. The third-order valence-electron chi connectivity index (χ3n) is 3.28. The first kappa shape index (κ1) is 17.2. The van der Waals surface area contributed by atoms with Crippen molar-refractivity contribution < 1.29 is 4.74 Å². The Balaban J connectivity index is 2.22. The molecule has 0 aromatic heterocycles. The predicted molar refractivity (Wildman–Crippen MR) is 86.8 cm³/mol. The largest absolute Gasteiger partial charge is 0.377 e. The van der Waals surface area contributed by atoms with Crippen molar-refractivity contribution in [2.45, 2.75) is 59.6 Å². The van der Waals surface area contributed by atoms with E-state index in [4.69, 9.17) is 4.74 Å². The quantitative estimate of drug-likeness (QED) is 0.600. The Morgan fingerprint density at radius 1 is 1.10 bits per heavy atom. The van der Waals surface area contributed by atoms with Crippen LogP contribution in [0.4, 0.5) is 0 Å². The van der Waals surface area contributed by atoms with Crippen molar-refractivity contribution in [1.82, 2.24) is 5.32 Å². The molecule has 0 amide bonds. The van der Waals surface area contributed by atoms with Crippen LogP contribution >= 0.6 is 0 Å². The zero-order valence-electron chi connectivity index (χ0n) is 13.5. The second kappa shape index (κ2) is 10.9. The van der Waals surface area contributed by atoms with E-state index in [0.29, 0.717) is 5.92 Å². The number of ether oxygens (including phenoxy) is 1. The summed E-state index contributed by atoms with van der Waals surface area (Å²) in [5, 5.41) is 3.48. The fourth-order valence-corrected chi connectivity index (χ4v) is 2.16. The van der Waals surface area contributed by atoms with Gasteiger partial charge in [0, 0.05) is 13.2 Å². The molecule has 0 fully saturated rings. The average Bonchev–Trinajstić information content (AvgIpc) is 2.43. The zero-order valence-corrected chi connectivity index (χ0v) is 13.5. The zero-order chi connectivity index (χ0) is 14.6. The maximum absolute atomic E-state index is 5.74. The third-order valence-corrected chi connectivity index (χ3v) is 3.28. The van der Waals surface area contributed by atoms with E-state index in [1.54, 1.807) is 0 Å². The van der Waals surface area contributed by atoms with Gasteiger partial charge in [0.2, 0.25) is 0 Å². The van der Waals surface area contributed by atoms with Gasteiger partial charge in [0.05, 0.1) is 6.61 Å². The first-order valence-electron chi connectivity index (χ1n) is 8.08. The Bertz CT molecular complexity index is 349. The van der Waals surface area contributed by atoms with Crippen molar-refractivity contribution in [3.63, 3.8) is 0 Å². The molecule has 0 aliphatic carbocycles. The molecule has 1 aromatic rings. The van der Waals surface area contributed by atoms with Gasteiger partial charge >= 0.3 is 0 Å². The molecule has 0 radical (unpaired) electrons. The van der Waals surface area contributed by atoms with E-state index in [-0.39, 0.29) is 0 Å². The van der Waals surface area contributed by atoms with Gasteiger partial charge in [-0.25, -0.2) is 0 Å². The van der Waals surface area contributed by atoms with E-state index < -0.39 is 0 Å². The SMILES string of the molecule is CCCCCCOCc1cccc(CNCC(C)C)c1. The minimum Gasteiger partial charge on any atom is -0.377 e. The smallest absolute Gasteiger partial charge is 0.0716 e. The van der Waals surface area contributed by atoms with E-state index in [1.165, 1.54) is 36.8 Å². The first-order chi connectivity index (χ1) is 9.72. The Hall–Kier alpha value is -0.860. The highest BCUT2D eigenvalue weighted by molar-refractivity contribution is 5.22. The molecule has 1 aromatic carbocycles. The summed E-state index contributed by atoms with van der Waals surface area (Å²) in [5.74, 6) is 0.699. The van der Waals surface area contributed by atoms with Crippen LogP contribution in [0.2, 0.25) is 0 Å². The lowest BCUT2D eigenvalue weighted by Crippen LogP contribution is -2.18. The maximum Gasteiger partial charge on any atom is 0.0716 e. The van der Waals surface area contributed by atoms with Gasteiger partial charge < -0.3 is 10.1 Å². The standard InChI is InChI=1S/C18H31NO/c1-4-5-6-7-11-20-15-18-10-8-9-17(12-18)14-19-13-16(2)3/h8-10,12,16,19H,4-7,11,13-15H2,1-3H3. The Morgan fingerprint density at radius 2 is 1.90 bits per heavy atom. The highest BCUT2D eigenvalue weighted by Crippen LogP contribution is 2.08. The number of nitrogens with one attached hydrogen (secondary N) is 1. The van der Waals surface area contributed by atoms with Crippen LogP contribution in [0, 0.1) is 5.92 Å². The molecule has 1 N–H and O–H groups in total. The molecule has 0 spiro atoms. The van der Waals surface area contributed by atoms with Gasteiger partial charge in [0.1, 0.15) is 0 Å². The highest BCUT2D eigenvalue weighted by atomic mass is 16.5. The van der Waals surface area contributed by atoms with Gasteiger partial charge in [0.15, 0.2) is 0 Å². The second-order valence-corrected chi connectivity index (χ2v) is 5.96. The lowest BCUT2D eigenvalue weighted by Gasteiger charge is -2.09. The Morgan fingerprint density at radius 3 is 2.65 bits per heavy atom. The molecule has 0 saturated carbocycles. The summed E-state index contributed by atoms with van der Waals surface area (Å²) < 4.78 is 5.74. The second-order valence-electron chi connectivity index (χ2n) is 5.96. The minimum atomic E-state index is 0.699. The molecule has 1 rings (SSSR count). The van der Waals surface area contributed by atoms with Gasteiger partial charge in [-0.3, -0.25) is 0 Å². The fraction of sp³-hybridized carbons (Fsp3) is 0.667. The van der Waals surface area contributed by atoms with Crippen molar-refractivity contribution in [1.29, 1.82) is 0 Å². The molecule has 0 aliphatic heterocycles. The van der Waals surface area contributed by atoms with Crippen LogP contribution < -0.4 is 5.32 Å². The molecular weight excluding hydrogens is 246 g/mol. The van der Waals surface area contributed by atoms with E-state index in [1.807, 2.05) is 0 Å². The van der Waals surface area contributed by atoms with Crippen LogP contribution in [-0.4, -0.2) is 13.2 Å². The van der Waals surface area contributed by atoms with Gasteiger partial charge in [-0.05, 0) is 30.0 Å². The number of hydrogen-bond donors (Lipinski definition) is 1. The summed E-state index contributed by atoms with van der Waals surface area (Å²) in [6.07, 6.45) is 5.07. The van der Waals surface area contributed by atoms with Gasteiger partial charge in [-0.15, -0.1) is 0 Å². The summed E-state index contributed by atoms with van der Waals surface area (Å²) in [6, 6.07) is 8.71. The highest BCUT2D eigenvalue weighted by Gasteiger charge is 1.98. The van der Waals surface area contributed by atoms with E-state index in [9.17, 15) is 0 Å². The first-order valence-corrected chi connectivity index (χ1v) is 8.08. The van der Waals surface area contributed by atoms with Crippen LogP contribution in [0.25, 0.3) is 0 Å². The molecule has 2 nitrogen and oxygen atoms in total. The number of unbranched alkanes of at least 4 members (excludes halogenated alkanes) is 3. The van der Waals surface area contributed by atoms with Crippen molar-refractivity contribution >= 4 is 0 Å². The van der Waals surface area contributed by atoms with Crippen LogP contribution in [0.15, 0.2) is 24.3 Å². The fourth-order valence-electron chi connectivity index (χ4n) is 2.16. The molecule has 0 saturated heterocycles. The van der Waals surface area contributed by atoms with E-state index in [2.05, 4.69) is 50.4 Å².